The number of unbranched alkanes of at least 4 members (excludes halogenated alkanes) is 1. The predicted octanol–water partition coefficient (Wildman–Crippen LogP) is 4.13. The van der Waals surface area contributed by atoms with E-state index in [9.17, 15) is 8.42 Å². The Balaban J connectivity index is 2.07. The minimum absolute atomic E-state index is 0.190. The minimum atomic E-state index is -3.20. The standard InChI is InChI=1S/C18H23NO2S/c1-3-4-14-22(20,21)19-15(2)16-10-12-18(13-11-16)17-8-6-5-7-9-17/h5-13,15,19H,3-4,14H2,1-2H3. The summed E-state index contributed by atoms with van der Waals surface area (Å²) in [6.45, 7) is 3.86. The third-order valence-corrected chi connectivity index (χ3v) is 5.18. The lowest BCUT2D eigenvalue weighted by molar-refractivity contribution is 0.564. The average molecular weight is 317 g/mol. The second kappa shape index (κ2) is 7.56. The van der Waals surface area contributed by atoms with E-state index in [2.05, 4.69) is 16.9 Å². The van der Waals surface area contributed by atoms with Crippen molar-refractivity contribution >= 4 is 10.0 Å². The molecule has 2 rings (SSSR count). The first-order valence-corrected chi connectivity index (χ1v) is 9.32. The highest BCUT2D eigenvalue weighted by molar-refractivity contribution is 7.89. The van der Waals surface area contributed by atoms with Crippen molar-refractivity contribution in [1.29, 1.82) is 0 Å². The molecule has 4 heteroatoms. The minimum Gasteiger partial charge on any atom is -0.212 e. The largest absolute Gasteiger partial charge is 0.212 e. The number of nitrogens with one attached hydrogen (secondary N) is 1. The number of sulfonamides is 1. The van der Waals surface area contributed by atoms with Gasteiger partial charge in [0.2, 0.25) is 10.0 Å². The molecule has 1 N–H and O–H groups in total. The van der Waals surface area contributed by atoms with Crippen LogP contribution in [0.5, 0.6) is 0 Å². The van der Waals surface area contributed by atoms with Crippen LogP contribution in [0.1, 0.15) is 38.3 Å². The summed E-state index contributed by atoms with van der Waals surface area (Å²) in [5.74, 6) is 0.190. The predicted molar refractivity (Wildman–Crippen MR) is 92.1 cm³/mol. The van der Waals surface area contributed by atoms with Crippen LogP contribution in [0.15, 0.2) is 54.6 Å². The molecule has 0 saturated heterocycles. The lowest BCUT2D eigenvalue weighted by atomic mass is 10.0. The van der Waals surface area contributed by atoms with E-state index in [1.165, 1.54) is 0 Å². The summed E-state index contributed by atoms with van der Waals surface area (Å²) in [4.78, 5) is 0. The van der Waals surface area contributed by atoms with Crippen LogP contribution in [0.3, 0.4) is 0 Å². The van der Waals surface area contributed by atoms with Gasteiger partial charge in [-0.1, -0.05) is 67.9 Å². The summed E-state index contributed by atoms with van der Waals surface area (Å²) >= 11 is 0. The number of hydrogen-bond acceptors (Lipinski definition) is 2. The van der Waals surface area contributed by atoms with Crippen molar-refractivity contribution in [3.05, 3.63) is 60.2 Å². The van der Waals surface area contributed by atoms with Crippen molar-refractivity contribution in [2.45, 2.75) is 32.7 Å². The molecule has 0 spiro atoms. The van der Waals surface area contributed by atoms with Crippen LogP contribution in [0.2, 0.25) is 0 Å². The zero-order chi connectivity index (χ0) is 16.0. The summed E-state index contributed by atoms with van der Waals surface area (Å²) < 4.78 is 26.6. The molecule has 2 aromatic carbocycles. The summed E-state index contributed by atoms with van der Waals surface area (Å²) in [6, 6.07) is 17.9. The Kier molecular flexibility index (Phi) is 5.75. The van der Waals surface area contributed by atoms with E-state index in [0.717, 1.165) is 23.1 Å². The molecule has 0 radical (unpaired) electrons. The Morgan fingerprint density at radius 1 is 0.955 bits per heavy atom. The summed E-state index contributed by atoms with van der Waals surface area (Å²) in [5.41, 5.74) is 3.26. The fourth-order valence-electron chi connectivity index (χ4n) is 2.33. The molecule has 22 heavy (non-hydrogen) atoms. The number of hydrogen-bond donors (Lipinski definition) is 1. The average Bonchev–Trinajstić information content (AvgIpc) is 2.53. The molecule has 0 aliphatic carbocycles. The fourth-order valence-corrected chi connectivity index (χ4v) is 3.79. The molecular weight excluding hydrogens is 294 g/mol. The van der Waals surface area contributed by atoms with Crippen LogP contribution in [-0.4, -0.2) is 14.2 Å². The van der Waals surface area contributed by atoms with Crippen LogP contribution in [0, 0.1) is 0 Å². The second-order valence-electron chi connectivity index (χ2n) is 5.50. The monoisotopic (exact) mass is 317 g/mol. The highest BCUT2D eigenvalue weighted by Gasteiger charge is 2.15. The Bertz CT molecular complexity index is 679. The molecule has 0 amide bonds. The molecular formula is C18H23NO2S. The molecule has 118 valence electrons. The molecule has 0 saturated carbocycles. The SMILES string of the molecule is CCCCS(=O)(=O)NC(C)c1ccc(-c2ccccc2)cc1. The summed E-state index contributed by atoms with van der Waals surface area (Å²) in [5, 5.41) is 0. The van der Waals surface area contributed by atoms with Gasteiger partial charge in [-0.3, -0.25) is 0 Å². The molecule has 0 fully saturated rings. The van der Waals surface area contributed by atoms with Crippen LogP contribution >= 0.6 is 0 Å². The van der Waals surface area contributed by atoms with Crippen LogP contribution in [-0.2, 0) is 10.0 Å². The van der Waals surface area contributed by atoms with Gasteiger partial charge in [-0.05, 0) is 30.0 Å². The van der Waals surface area contributed by atoms with E-state index in [1.54, 1.807) is 0 Å². The molecule has 0 aliphatic heterocycles. The normalized spacial score (nSPS) is 13.0. The highest BCUT2D eigenvalue weighted by atomic mass is 32.2. The van der Waals surface area contributed by atoms with Crippen molar-refractivity contribution in [2.75, 3.05) is 5.75 Å². The second-order valence-corrected chi connectivity index (χ2v) is 7.37. The van der Waals surface area contributed by atoms with E-state index in [4.69, 9.17) is 0 Å². The van der Waals surface area contributed by atoms with Gasteiger partial charge in [0.1, 0.15) is 0 Å². The quantitative estimate of drug-likeness (QED) is 0.834. The van der Waals surface area contributed by atoms with E-state index in [0.29, 0.717) is 6.42 Å². The third-order valence-electron chi connectivity index (χ3n) is 3.64. The molecule has 3 nitrogen and oxygen atoms in total. The van der Waals surface area contributed by atoms with Gasteiger partial charge < -0.3 is 0 Å². The lowest BCUT2D eigenvalue weighted by Crippen LogP contribution is -2.29. The Labute approximate surface area is 133 Å². The van der Waals surface area contributed by atoms with Crippen LogP contribution < -0.4 is 4.72 Å². The summed E-state index contributed by atoms with van der Waals surface area (Å²) in [6.07, 6.45) is 1.57. The first-order valence-electron chi connectivity index (χ1n) is 7.67. The molecule has 2 aromatic rings. The van der Waals surface area contributed by atoms with Gasteiger partial charge in [-0.25, -0.2) is 13.1 Å². The van der Waals surface area contributed by atoms with Crippen LogP contribution in [0.25, 0.3) is 11.1 Å². The first kappa shape index (κ1) is 16.7. The van der Waals surface area contributed by atoms with Gasteiger partial charge in [0.15, 0.2) is 0 Å². The smallest absolute Gasteiger partial charge is 0.212 e. The fraction of sp³-hybridized carbons (Fsp3) is 0.333. The maximum absolute atomic E-state index is 12.0. The van der Waals surface area contributed by atoms with Gasteiger partial charge in [-0.2, -0.15) is 0 Å². The number of rotatable bonds is 7. The molecule has 0 aromatic heterocycles. The molecule has 0 heterocycles. The van der Waals surface area contributed by atoms with Gasteiger partial charge in [-0.15, -0.1) is 0 Å². The van der Waals surface area contributed by atoms with Gasteiger partial charge in [0, 0.05) is 6.04 Å². The van der Waals surface area contributed by atoms with Crippen LogP contribution in [0.4, 0.5) is 0 Å². The third kappa shape index (κ3) is 4.68. The van der Waals surface area contributed by atoms with Crippen molar-refractivity contribution in [3.63, 3.8) is 0 Å². The molecule has 0 bridgehead atoms. The van der Waals surface area contributed by atoms with Gasteiger partial charge in [0.25, 0.3) is 0 Å². The van der Waals surface area contributed by atoms with Crippen molar-refractivity contribution < 1.29 is 8.42 Å². The molecule has 0 aliphatic rings. The van der Waals surface area contributed by atoms with Crippen molar-refractivity contribution in [3.8, 4) is 11.1 Å². The zero-order valence-corrected chi connectivity index (χ0v) is 13.9. The van der Waals surface area contributed by atoms with E-state index < -0.39 is 10.0 Å². The Morgan fingerprint density at radius 2 is 1.55 bits per heavy atom. The van der Waals surface area contributed by atoms with Crippen molar-refractivity contribution in [1.82, 2.24) is 4.72 Å². The molecule has 1 atom stereocenters. The van der Waals surface area contributed by atoms with Gasteiger partial charge >= 0.3 is 0 Å². The maximum Gasteiger partial charge on any atom is 0.212 e. The zero-order valence-electron chi connectivity index (χ0n) is 13.1. The highest BCUT2D eigenvalue weighted by Crippen LogP contribution is 2.22. The maximum atomic E-state index is 12.0. The number of benzene rings is 2. The topological polar surface area (TPSA) is 46.2 Å². The molecule has 1 unspecified atom stereocenters. The van der Waals surface area contributed by atoms with E-state index >= 15 is 0 Å². The van der Waals surface area contributed by atoms with Gasteiger partial charge in [0.05, 0.1) is 5.75 Å². The van der Waals surface area contributed by atoms with Crippen molar-refractivity contribution in [2.24, 2.45) is 0 Å². The first-order chi connectivity index (χ1) is 10.5. The summed E-state index contributed by atoms with van der Waals surface area (Å²) in [7, 11) is -3.20. The Morgan fingerprint density at radius 3 is 2.14 bits per heavy atom. The van der Waals surface area contributed by atoms with E-state index in [-0.39, 0.29) is 11.8 Å². The lowest BCUT2D eigenvalue weighted by Gasteiger charge is -2.15. The Hall–Kier alpha value is -1.65. The van der Waals surface area contributed by atoms with E-state index in [1.807, 2.05) is 56.3 Å².